The number of rotatable bonds is 3. The lowest BCUT2D eigenvalue weighted by Crippen LogP contribution is -2.35. The fourth-order valence-electron chi connectivity index (χ4n) is 2.61. The molecule has 1 aliphatic heterocycles. The molecule has 1 aliphatic rings. The third-order valence-corrected chi connectivity index (χ3v) is 3.90. The van der Waals surface area contributed by atoms with E-state index < -0.39 is 0 Å². The molecule has 0 unspecified atom stereocenters. The number of carbonyl (C=O) groups is 1. The number of amides is 1. The highest BCUT2D eigenvalue weighted by atomic mass is 16.6. The van der Waals surface area contributed by atoms with Crippen LogP contribution in [0.4, 0.5) is 4.79 Å². The number of benzene rings is 1. The van der Waals surface area contributed by atoms with Crippen molar-refractivity contribution in [3.8, 4) is 6.07 Å². The minimum atomic E-state index is -0.323. The first-order valence-corrected chi connectivity index (χ1v) is 7.78. The van der Waals surface area contributed by atoms with Gasteiger partial charge in [-0.05, 0) is 29.7 Å². The number of pyridine rings is 1. The lowest BCUT2D eigenvalue weighted by molar-refractivity contribution is 0.0998. The molecule has 0 radical (unpaired) electrons. The average molecular weight is 319 g/mol. The molecule has 2 heterocycles. The van der Waals surface area contributed by atoms with Crippen LogP contribution < -0.4 is 0 Å². The highest BCUT2D eigenvalue weighted by molar-refractivity contribution is 5.73. The van der Waals surface area contributed by atoms with Gasteiger partial charge in [-0.15, -0.1) is 0 Å². The van der Waals surface area contributed by atoms with Gasteiger partial charge in [0, 0.05) is 19.3 Å². The maximum Gasteiger partial charge on any atom is 0.410 e. The van der Waals surface area contributed by atoms with Gasteiger partial charge in [0.05, 0.1) is 11.3 Å². The minimum absolute atomic E-state index is 0.269. The zero-order chi connectivity index (χ0) is 16.8. The van der Waals surface area contributed by atoms with E-state index >= 15 is 0 Å². The molecule has 0 spiro atoms. The first-order chi connectivity index (χ1) is 11.8. The number of hydrogen-bond donors (Lipinski definition) is 0. The Bertz CT molecular complexity index is 794. The molecule has 24 heavy (non-hydrogen) atoms. The molecule has 0 aliphatic carbocycles. The van der Waals surface area contributed by atoms with Gasteiger partial charge in [0.25, 0.3) is 0 Å². The Labute approximate surface area is 140 Å². The predicted octanol–water partition coefficient (Wildman–Crippen LogP) is 3.38. The lowest BCUT2D eigenvalue weighted by Gasteiger charge is -2.25. The normalized spacial score (nSPS) is 13.8. The van der Waals surface area contributed by atoms with E-state index in [1.54, 1.807) is 23.2 Å². The second-order valence-electron chi connectivity index (χ2n) is 5.48. The van der Waals surface area contributed by atoms with E-state index in [1.807, 2.05) is 36.4 Å². The Balaban J connectivity index is 1.60. The summed E-state index contributed by atoms with van der Waals surface area (Å²) < 4.78 is 5.34. The van der Waals surface area contributed by atoms with Gasteiger partial charge in [-0.25, -0.2) is 4.79 Å². The van der Waals surface area contributed by atoms with Crippen molar-refractivity contribution >= 4 is 11.7 Å². The number of ether oxygens (including phenoxy) is 1. The van der Waals surface area contributed by atoms with Crippen LogP contribution in [0.5, 0.6) is 0 Å². The summed E-state index contributed by atoms with van der Waals surface area (Å²) in [6.07, 6.45) is 3.95. The summed E-state index contributed by atoms with van der Waals surface area (Å²) in [5, 5.41) is 9.17. The van der Waals surface area contributed by atoms with E-state index in [2.05, 4.69) is 11.1 Å². The molecule has 5 nitrogen and oxygen atoms in total. The second-order valence-corrected chi connectivity index (χ2v) is 5.48. The van der Waals surface area contributed by atoms with Crippen molar-refractivity contribution in [1.82, 2.24) is 9.88 Å². The van der Waals surface area contributed by atoms with Gasteiger partial charge in [-0.2, -0.15) is 5.26 Å². The topological polar surface area (TPSA) is 66.2 Å². The van der Waals surface area contributed by atoms with Crippen LogP contribution in [-0.4, -0.2) is 29.1 Å². The van der Waals surface area contributed by atoms with E-state index in [9.17, 15) is 4.79 Å². The van der Waals surface area contributed by atoms with E-state index in [0.717, 1.165) is 11.1 Å². The molecular weight excluding hydrogens is 302 g/mol. The molecule has 0 atom stereocenters. The maximum atomic E-state index is 12.1. The van der Waals surface area contributed by atoms with Crippen molar-refractivity contribution in [1.29, 1.82) is 5.26 Å². The third-order valence-electron chi connectivity index (χ3n) is 3.90. The molecule has 2 aromatic rings. The molecule has 0 fully saturated rings. The van der Waals surface area contributed by atoms with Gasteiger partial charge >= 0.3 is 6.09 Å². The van der Waals surface area contributed by atoms with Crippen molar-refractivity contribution in [3.05, 3.63) is 71.6 Å². The van der Waals surface area contributed by atoms with Crippen molar-refractivity contribution in [2.24, 2.45) is 0 Å². The highest BCUT2D eigenvalue weighted by Crippen LogP contribution is 2.23. The van der Waals surface area contributed by atoms with Gasteiger partial charge in [-0.3, -0.25) is 4.98 Å². The standard InChI is InChI=1S/C19H17N3O2/c20-13-17-7-4-10-21-18(17)16-8-11-22(12-9-16)19(23)24-14-15-5-2-1-3-6-15/h1-8,10H,9,11-12,14H2. The van der Waals surface area contributed by atoms with Crippen molar-refractivity contribution in [2.45, 2.75) is 13.0 Å². The molecule has 0 saturated carbocycles. The average Bonchev–Trinajstić information content (AvgIpc) is 2.67. The number of nitrogens with zero attached hydrogens (tertiary/aromatic N) is 3. The molecule has 0 N–H and O–H groups in total. The third kappa shape index (κ3) is 3.61. The molecule has 1 aromatic carbocycles. The Morgan fingerprint density at radius 1 is 1.25 bits per heavy atom. The Hall–Kier alpha value is -3.13. The molecular formula is C19H17N3O2. The van der Waals surface area contributed by atoms with Crippen LogP contribution in [-0.2, 0) is 11.3 Å². The fourth-order valence-corrected chi connectivity index (χ4v) is 2.61. The van der Waals surface area contributed by atoms with E-state index in [-0.39, 0.29) is 12.7 Å². The van der Waals surface area contributed by atoms with Crippen molar-refractivity contribution < 1.29 is 9.53 Å². The smallest absolute Gasteiger partial charge is 0.410 e. The molecule has 120 valence electrons. The van der Waals surface area contributed by atoms with Gasteiger partial charge in [0.1, 0.15) is 12.7 Å². The Kier molecular flexibility index (Phi) is 4.87. The Morgan fingerprint density at radius 2 is 2.08 bits per heavy atom. The minimum Gasteiger partial charge on any atom is -0.445 e. The number of carbonyl (C=O) groups excluding carboxylic acids is 1. The van der Waals surface area contributed by atoms with Crippen molar-refractivity contribution in [2.75, 3.05) is 13.1 Å². The summed E-state index contributed by atoms with van der Waals surface area (Å²) in [7, 11) is 0. The maximum absolute atomic E-state index is 12.1. The monoisotopic (exact) mass is 319 g/mol. The summed E-state index contributed by atoms with van der Waals surface area (Å²) >= 11 is 0. The van der Waals surface area contributed by atoms with Crippen LogP contribution in [0.1, 0.15) is 23.2 Å². The summed E-state index contributed by atoms with van der Waals surface area (Å²) in [5.74, 6) is 0. The fraction of sp³-hybridized carbons (Fsp3) is 0.211. The number of hydrogen-bond acceptors (Lipinski definition) is 4. The second kappa shape index (κ2) is 7.42. The van der Waals surface area contributed by atoms with Crippen molar-refractivity contribution in [3.63, 3.8) is 0 Å². The van der Waals surface area contributed by atoms with Gasteiger partial charge in [-0.1, -0.05) is 36.4 Å². The predicted molar refractivity (Wildman–Crippen MR) is 89.7 cm³/mol. The SMILES string of the molecule is N#Cc1cccnc1C1=CCN(C(=O)OCc2ccccc2)CC1. The first kappa shape index (κ1) is 15.8. The zero-order valence-corrected chi connectivity index (χ0v) is 13.2. The number of nitriles is 1. The molecule has 3 rings (SSSR count). The van der Waals surface area contributed by atoms with Gasteiger partial charge in [0.15, 0.2) is 0 Å². The largest absolute Gasteiger partial charge is 0.445 e. The van der Waals surface area contributed by atoms with Gasteiger partial charge < -0.3 is 9.64 Å². The Morgan fingerprint density at radius 3 is 2.79 bits per heavy atom. The van der Waals surface area contributed by atoms with E-state index in [0.29, 0.717) is 30.8 Å². The number of aromatic nitrogens is 1. The lowest BCUT2D eigenvalue weighted by atomic mass is 10.0. The van der Waals surface area contributed by atoms with E-state index in [1.165, 1.54) is 0 Å². The zero-order valence-electron chi connectivity index (χ0n) is 13.2. The molecule has 0 saturated heterocycles. The van der Waals surface area contributed by atoms with Crippen LogP contribution in [0.3, 0.4) is 0 Å². The summed E-state index contributed by atoms with van der Waals surface area (Å²) in [4.78, 5) is 18.1. The summed E-state index contributed by atoms with van der Waals surface area (Å²) in [6.45, 7) is 1.29. The van der Waals surface area contributed by atoms with Crippen LogP contribution >= 0.6 is 0 Å². The van der Waals surface area contributed by atoms with Crippen LogP contribution in [0.25, 0.3) is 5.57 Å². The van der Waals surface area contributed by atoms with Gasteiger partial charge in [0.2, 0.25) is 0 Å². The molecule has 1 amide bonds. The van der Waals surface area contributed by atoms with E-state index in [4.69, 9.17) is 10.00 Å². The summed E-state index contributed by atoms with van der Waals surface area (Å²) in [5.41, 5.74) is 3.23. The molecule has 0 bridgehead atoms. The first-order valence-electron chi connectivity index (χ1n) is 7.78. The highest BCUT2D eigenvalue weighted by Gasteiger charge is 2.20. The summed E-state index contributed by atoms with van der Waals surface area (Å²) in [6, 6.07) is 15.3. The molecule has 5 heteroatoms. The van der Waals surface area contributed by atoms with Crippen LogP contribution in [0, 0.1) is 11.3 Å². The molecule has 1 aromatic heterocycles. The van der Waals surface area contributed by atoms with Crippen LogP contribution in [0.2, 0.25) is 0 Å². The quantitative estimate of drug-likeness (QED) is 0.870. The van der Waals surface area contributed by atoms with Crippen LogP contribution in [0.15, 0.2) is 54.7 Å².